The van der Waals surface area contributed by atoms with Crippen molar-refractivity contribution in [3.8, 4) is 0 Å². The van der Waals surface area contributed by atoms with Gasteiger partial charge in [-0.1, -0.05) is 5.11 Å². The van der Waals surface area contributed by atoms with Gasteiger partial charge in [-0.3, -0.25) is 0 Å². The van der Waals surface area contributed by atoms with Gasteiger partial charge >= 0.3 is 0 Å². The van der Waals surface area contributed by atoms with Gasteiger partial charge in [0.1, 0.15) is 0 Å². The molecular weight excluding hydrogens is 480 g/mol. The van der Waals surface area contributed by atoms with E-state index in [9.17, 15) is 0 Å². The van der Waals surface area contributed by atoms with Crippen LogP contribution in [0.3, 0.4) is 0 Å². The van der Waals surface area contributed by atoms with E-state index >= 15 is 0 Å². The summed E-state index contributed by atoms with van der Waals surface area (Å²) < 4.78 is 53.6. The van der Waals surface area contributed by atoms with Crippen molar-refractivity contribution in [3.63, 3.8) is 0 Å². The van der Waals surface area contributed by atoms with Crippen molar-refractivity contribution in [3.05, 3.63) is 10.4 Å². The molecule has 0 aromatic rings. The summed E-state index contributed by atoms with van der Waals surface area (Å²) in [6, 6.07) is 0. The van der Waals surface area contributed by atoms with Gasteiger partial charge < -0.3 is 53.1 Å². The Balaban J connectivity index is 3.02. The van der Waals surface area contributed by atoms with E-state index in [4.69, 9.17) is 58.6 Å². The second-order valence-electron chi connectivity index (χ2n) is 6.87. The van der Waals surface area contributed by atoms with Crippen LogP contribution in [0.25, 0.3) is 10.4 Å². The maximum Gasteiger partial charge on any atom is 0.0701 e. The maximum absolute atomic E-state index is 8.11. The number of azide groups is 1. The van der Waals surface area contributed by atoms with E-state index in [1.807, 2.05) is 0 Å². The molecule has 14 nitrogen and oxygen atoms in total. The molecule has 0 spiro atoms. The Morgan fingerprint density at radius 3 is 0.833 bits per heavy atom. The minimum atomic E-state index is 0.330. The third-order valence-corrected chi connectivity index (χ3v) is 4.01. The normalized spacial score (nSPS) is 11.1. The molecule has 0 aliphatic rings. The smallest absolute Gasteiger partial charge is 0.0701 e. The molecule has 0 radical (unpaired) electrons. The number of rotatable bonds is 32. The fraction of sp³-hybridized carbons (Fsp3) is 1.00. The standard InChI is InChI=1S/C22H46N4O10/c23-1-3-27-5-7-29-9-11-31-13-15-33-17-19-35-21-22-36-20-18-34-16-14-32-12-10-30-8-6-28-4-2-25-26-24/h1-23H2. The molecular formula is C22H46N4O10. The van der Waals surface area contributed by atoms with Gasteiger partial charge in [-0.2, -0.15) is 0 Å². The predicted octanol–water partition coefficient (Wildman–Crippen LogP) is 0.421. The molecule has 0 aromatic carbocycles. The highest BCUT2D eigenvalue weighted by Crippen LogP contribution is 1.86. The SMILES string of the molecule is [N-]=[N+]=NCCOCCOCCOCCOCCOCCOCCOCCOCCOCCOCCN. The van der Waals surface area contributed by atoms with Gasteiger partial charge in [0.2, 0.25) is 0 Å². The Morgan fingerprint density at radius 2 is 0.611 bits per heavy atom. The minimum Gasteiger partial charge on any atom is -0.379 e. The molecule has 0 heterocycles. The second kappa shape index (κ2) is 33.9. The predicted molar refractivity (Wildman–Crippen MR) is 131 cm³/mol. The zero-order valence-electron chi connectivity index (χ0n) is 21.6. The highest BCUT2D eigenvalue weighted by molar-refractivity contribution is 4.44. The van der Waals surface area contributed by atoms with Gasteiger partial charge in [0.15, 0.2) is 0 Å². The van der Waals surface area contributed by atoms with Crippen molar-refractivity contribution >= 4 is 0 Å². The average Bonchev–Trinajstić information content (AvgIpc) is 2.89. The van der Waals surface area contributed by atoms with E-state index in [2.05, 4.69) is 10.0 Å². The van der Waals surface area contributed by atoms with E-state index in [1.54, 1.807) is 0 Å². The fourth-order valence-corrected chi connectivity index (χ4v) is 2.31. The van der Waals surface area contributed by atoms with Gasteiger partial charge in [-0.05, 0) is 5.53 Å². The van der Waals surface area contributed by atoms with Crippen LogP contribution in [0, 0.1) is 0 Å². The summed E-state index contributed by atoms with van der Waals surface area (Å²) in [5, 5.41) is 3.37. The summed E-state index contributed by atoms with van der Waals surface area (Å²) in [5.41, 5.74) is 13.4. The molecule has 0 aliphatic heterocycles. The van der Waals surface area contributed by atoms with Crippen LogP contribution in [0.1, 0.15) is 0 Å². The number of nitrogens with two attached hydrogens (primary N) is 1. The molecule has 0 aliphatic carbocycles. The first kappa shape index (κ1) is 34.9. The lowest BCUT2D eigenvalue weighted by Gasteiger charge is -2.09. The number of ether oxygens (including phenoxy) is 10. The summed E-state index contributed by atoms with van der Waals surface area (Å²) in [6.07, 6.45) is 0. The molecule has 214 valence electrons. The van der Waals surface area contributed by atoms with E-state index < -0.39 is 0 Å². The van der Waals surface area contributed by atoms with Crippen LogP contribution in [0.15, 0.2) is 5.11 Å². The Kier molecular flexibility index (Phi) is 32.8. The van der Waals surface area contributed by atoms with Crippen LogP contribution < -0.4 is 5.73 Å². The van der Waals surface area contributed by atoms with E-state index in [0.717, 1.165) is 0 Å². The lowest BCUT2D eigenvalue weighted by Crippen LogP contribution is -2.15. The van der Waals surface area contributed by atoms with Crippen molar-refractivity contribution in [1.82, 2.24) is 0 Å². The van der Waals surface area contributed by atoms with Crippen molar-refractivity contribution in [2.45, 2.75) is 0 Å². The molecule has 14 heteroatoms. The molecule has 0 bridgehead atoms. The number of nitrogens with zero attached hydrogens (tertiary/aromatic N) is 3. The molecule has 0 amide bonds. The zero-order chi connectivity index (χ0) is 26.0. The molecule has 0 rings (SSSR count). The van der Waals surface area contributed by atoms with Crippen LogP contribution in [0.2, 0.25) is 0 Å². The van der Waals surface area contributed by atoms with Crippen molar-refractivity contribution < 1.29 is 47.4 Å². The van der Waals surface area contributed by atoms with Crippen LogP contribution in [-0.4, -0.2) is 145 Å². The minimum absolute atomic E-state index is 0.330. The Hall–Kier alpha value is -1.13. The number of hydrogen-bond donors (Lipinski definition) is 1. The summed E-state index contributed by atoms with van der Waals surface area (Å²) in [4.78, 5) is 2.64. The topological polar surface area (TPSA) is 167 Å². The van der Waals surface area contributed by atoms with Gasteiger partial charge in [-0.15, -0.1) is 0 Å². The molecule has 0 unspecified atom stereocenters. The van der Waals surface area contributed by atoms with Gasteiger partial charge in [-0.25, -0.2) is 0 Å². The van der Waals surface area contributed by atoms with Crippen LogP contribution in [0.4, 0.5) is 0 Å². The van der Waals surface area contributed by atoms with Crippen molar-refractivity contribution in [2.24, 2.45) is 10.8 Å². The summed E-state index contributed by atoms with van der Waals surface area (Å²) in [7, 11) is 0. The maximum atomic E-state index is 8.11. The first-order chi connectivity index (χ1) is 17.9. The van der Waals surface area contributed by atoms with Gasteiger partial charge in [0.05, 0.1) is 132 Å². The summed E-state index contributed by atoms with van der Waals surface area (Å²) >= 11 is 0. The van der Waals surface area contributed by atoms with E-state index in [0.29, 0.717) is 145 Å². The molecule has 2 N–H and O–H groups in total. The third kappa shape index (κ3) is 32.9. The molecule has 0 fully saturated rings. The molecule has 0 saturated carbocycles. The Bertz CT molecular complexity index is 463. The van der Waals surface area contributed by atoms with Gasteiger partial charge in [0, 0.05) is 18.0 Å². The third-order valence-electron chi connectivity index (χ3n) is 4.01. The highest BCUT2D eigenvalue weighted by atomic mass is 16.6. The summed E-state index contributed by atoms with van der Waals surface area (Å²) in [5.74, 6) is 0. The van der Waals surface area contributed by atoms with Crippen molar-refractivity contribution in [1.29, 1.82) is 0 Å². The lowest BCUT2D eigenvalue weighted by atomic mass is 10.6. The Labute approximate surface area is 214 Å². The second-order valence-corrected chi connectivity index (χ2v) is 6.87. The van der Waals surface area contributed by atoms with Crippen molar-refractivity contribution in [2.75, 3.05) is 145 Å². The van der Waals surface area contributed by atoms with E-state index in [1.165, 1.54) is 0 Å². The fourth-order valence-electron chi connectivity index (χ4n) is 2.31. The molecule has 36 heavy (non-hydrogen) atoms. The average molecular weight is 527 g/mol. The molecule has 0 atom stereocenters. The first-order valence-electron chi connectivity index (χ1n) is 12.4. The van der Waals surface area contributed by atoms with Gasteiger partial charge in [0.25, 0.3) is 0 Å². The number of hydrogen-bond acceptors (Lipinski definition) is 12. The van der Waals surface area contributed by atoms with Crippen LogP contribution >= 0.6 is 0 Å². The largest absolute Gasteiger partial charge is 0.379 e. The quantitative estimate of drug-likeness (QED) is 0.0558. The van der Waals surface area contributed by atoms with Crippen LogP contribution in [-0.2, 0) is 47.4 Å². The molecule has 0 saturated heterocycles. The monoisotopic (exact) mass is 526 g/mol. The Morgan fingerprint density at radius 1 is 0.389 bits per heavy atom. The van der Waals surface area contributed by atoms with Crippen LogP contribution in [0.5, 0.6) is 0 Å². The van der Waals surface area contributed by atoms with E-state index in [-0.39, 0.29) is 0 Å². The zero-order valence-corrected chi connectivity index (χ0v) is 21.6. The highest BCUT2D eigenvalue weighted by Gasteiger charge is 1.95. The first-order valence-corrected chi connectivity index (χ1v) is 12.4. The summed E-state index contributed by atoms with van der Waals surface area (Å²) in [6.45, 7) is 11.0. The molecule has 0 aromatic heterocycles. The lowest BCUT2D eigenvalue weighted by molar-refractivity contribution is -0.0262.